The molecule has 0 aliphatic heterocycles. The molecule has 0 aromatic heterocycles. The van der Waals surface area contributed by atoms with Crippen LogP contribution in [0.25, 0.3) is 0 Å². The molecule has 72 heavy (non-hydrogen) atoms. The Morgan fingerprint density at radius 1 is 0.444 bits per heavy atom. The van der Waals surface area contributed by atoms with Gasteiger partial charge in [0.2, 0.25) is 0 Å². The van der Waals surface area contributed by atoms with Crippen molar-refractivity contribution in [3.8, 4) is 0 Å². The van der Waals surface area contributed by atoms with Crippen LogP contribution in [0.4, 0.5) is 0 Å². The minimum Gasteiger partial charge on any atom is -0.462 e. The monoisotopic (exact) mass is 1030 g/mol. The van der Waals surface area contributed by atoms with Gasteiger partial charge in [0.15, 0.2) is 6.10 Å². The highest BCUT2D eigenvalue weighted by Gasteiger charge is 2.27. The molecule has 0 aromatic carbocycles. The van der Waals surface area contributed by atoms with Gasteiger partial charge in [-0.15, -0.1) is 0 Å². The number of hydrogen-bond acceptors (Lipinski definition) is 7. The number of likely N-dealkylation sites (N-methyl/N-ethyl adjacent to an activating group) is 1. The molecule has 9 nitrogen and oxygen atoms in total. The molecule has 0 amide bonds. The van der Waals surface area contributed by atoms with Gasteiger partial charge in [0.1, 0.15) is 19.8 Å². The molecule has 0 heterocycles. The van der Waals surface area contributed by atoms with Crippen molar-refractivity contribution in [1.29, 1.82) is 0 Å². The van der Waals surface area contributed by atoms with Crippen molar-refractivity contribution in [2.45, 2.75) is 290 Å². The summed E-state index contributed by atoms with van der Waals surface area (Å²) in [6.07, 6.45) is 67.7. The molecule has 0 bridgehead atoms. The lowest BCUT2D eigenvalue weighted by Crippen LogP contribution is -2.37. The van der Waals surface area contributed by atoms with Crippen molar-refractivity contribution < 1.29 is 42.1 Å². The predicted molar refractivity (Wildman–Crippen MR) is 307 cm³/mol. The highest BCUT2D eigenvalue weighted by atomic mass is 31.2. The van der Waals surface area contributed by atoms with E-state index in [1.54, 1.807) is 0 Å². The zero-order valence-electron chi connectivity index (χ0n) is 47.9. The number of carbonyl (C=O) groups is 2. The summed E-state index contributed by atoms with van der Waals surface area (Å²) in [5.41, 5.74) is 0. The van der Waals surface area contributed by atoms with Crippen LogP contribution in [-0.2, 0) is 32.7 Å². The number of phosphoric ester groups is 1. The first kappa shape index (κ1) is 70.0. The Balaban J connectivity index is 4.07. The zero-order chi connectivity index (χ0) is 52.7. The number of allylic oxidation sites excluding steroid dienone is 8. The van der Waals surface area contributed by atoms with Crippen molar-refractivity contribution in [3.05, 3.63) is 48.6 Å². The lowest BCUT2D eigenvalue weighted by Gasteiger charge is -2.24. The molecule has 0 aliphatic rings. The number of ether oxygens (including phenoxy) is 2. The number of unbranched alkanes of at least 4 members (excludes halogenated alkanes) is 34. The number of rotatable bonds is 56. The minimum absolute atomic E-state index is 0.0286. The number of hydrogen-bond donors (Lipinski definition) is 1. The van der Waals surface area contributed by atoms with Gasteiger partial charge in [0, 0.05) is 12.8 Å². The summed E-state index contributed by atoms with van der Waals surface area (Å²) >= 11 is 0. The Bertz CT molecular complexity index is 1360. The van der Waals surface area contributed by atoms with Crippen LogP contribution in [0.3, 0.4) is 0 Å². The number of quaternary nitrogens is 1. The Kier molecular flexibility index (Phi) is 52.3. The van der Waals surface area contributed by atoms with Gasteiger partial charge in [0.05, 0.1) is 27.7 Å². The maximum Gasteiger partial charge on any atom is 0.472 e. The lowest BCUT2D eigenvalue weighted by atomic mass is 10.0. The van der Waals surface area contributed by atoms with Crippen LogP contribution in [0.2, 0.25) is 0 Å². The van der Waals surface area contributed by atoms with Crippen LogP contribution >= 0.6 is 7.82 Å². The lowest BCUT2D eigenvalue weighted by molar-refractivity contribution is -0.870. The van der Waals surface area contributed by atoms with Crippen LogP contribution in [0.15, 0.2) is 48.6 Å². The summed E-state index contributed by atoms with van der Waals surface area (Å²) in [6.45, 7) is 4.34. The fraction of sp³-hybridized carbons (Fsp3) is 0.839. The highest BCUT2D eigenvalue weighted by Crippen LogP contribution is 2.43. The van der Waals surface area contributed by atoms with Crippen LogP contribution in [0.1, 0.15) is 284 Å². The van der Waals surface area contributed by atoms with E-state index >= 15 is 0 Å². The molecule has 0 aromatic rings. The topological polar surface area (TPSA) is 108 Å². The summed E-state index contributed by atoms with van der Waals surface area (Å²) in [5.74, 6) is -0.803. The Labute approximate surface area is 445 Å². The molecule has 10 heteroatoms. The first-order valence-electron chi connectivity index (χ1n) is 30.4. The van der Waals surface area contributed by atoms with E-state index in [-0.39, 0.29) is 32.0 Å². The van der Waals surface area contributed by atoms with Gasteiger partial charge >= 0.3 is 19.8 Å². The average molecular weight is 1040 g/mol. The van der Waals surface area contributed by atoms with Gasteiger partial charge in [-0.3, -0.25) is 18.6 Å². The smallest absolute Gasteiger partial charge is 0.462 e. The fourth-order valence-electron chi connectivity index (χ4n) is 8.72. The van der Waals surface area contributed by atoms with Crippen molar-refractivity contribution in [3.63, 3.8) is 0 Å². The van der Waals surface area contributed by atoms with Crippen LogP contribution < -0.4 is 0 Å². The number of nitrogens with zero attached hydrogens (tertiary/aromatic N) is 1. The van der Waals surface area contributed by atoms with Crippen LogP contribution in [-0.4, -0.2) is 74.9 Å². The van der Waals surface area contributed by atoms with E-state index in [1.165, 1.54) is 167 Å². The van der Waals surface area contributed by atoms with Gasteiger partial charge in [-0.05, 0) is 51.4 Å². The van der Waals surface area contributed by atoms with E-state index in [2.05, 4.69) is 62.5 Å². The second kappa shape index (κ2) is 53.8. The highest BCUT2D eigenvalue weighted by molar-refractivity contribution is 7.47. The third-order valence-electron chi connectivity index (χ3n) is 13.4. The predicted octanol–water partition coefficient (Wildman–Crippen LogP) is 18.9. The van der Waals surface area contributed by atoms with E-state index in [1.807, 2.05) is 21.1 Å². The number of esters is 2. The normalized spacial score (nSPS) is 13.6. The Morgan fingerprint density at radius 3 is 1.18 bits per heavy atom. The molecule has 0 rings (SSSR count). The molecule has 422 valence electrons. The molecule has 0 aliphatic carbocycles. The minimum atomic E-state index is -4.39. The molecular formula is C62H117NO8P+. The van der Waals surface area contributed by atoms with E-state index in [9.17, 15) is 19.0 Å². The maximum atomic E-state index is 12.8. The number of phosphoric acid groups is 1. The molecule has 0 radical (unpaired) electrons. The standard InChI is InChI=1S/C62H116NO8P/c1-6-8-10-12-14-16-18-20-22-24-26-27-28-29-30-31-32-33-34-35-37-38-40-42-44-46-48-50-52-54-61(64)68-58-60(59-70-72(66,67)69-57-56-63(3,4)5)71-62(65)55-53-51-49-47-45-43-41-39-36-25-23-21-19-17-15-13-11-9-7-2/h9,11,15,17,21,23,36,39,60H,6-8,10,12-14,16,18-20,22,24-35,37-38,40-59H2,1-5H3/p+1/b11-9-,17-15-,23-21-,39-36-. The SMILES string of the molecule is CC/C=C\C/C=C\C/C=C\C/C=C\CCCCCCCCC(=O)OC(COC(=O)CCCCCCCCCCCCCCCCCCCCCCCCCCCCCCC)COP(=O)(O)OCC[N+](C)(C)C. The number of carbonyl (C=O) groups excluding carboxylic acids is 2. The molecule has 0 spiro atoms. The molecule has 2 unspecified atom stereocenters. The summed E-state index contributed by atoms with van der Waals surface area (Å²) in [5, 5.41) is 0. The quantitative estimate of drug-likeness (QED) is 0.0211. The molecule has 0 fully saturated rings. The van der Waals surface area contributed by atoms with E-state index in [4.69, 9.17) is 18.5 Å². The third kappa shape index (κ3) is 57.3. The van der Waals surface area contributed by atoms with Gasteiger partial charge in [-0.2, -0.15) is 0 Å². The summed E-state index contributed by atoms with van der Waals surface area (Å²) in [7, 11) is 1.47. The second-order valence-electron chi connectivity index (χ2n) is 21.7. The maximum absolute atomic E-state index is 12.8. The van der Waals surface area contributed by atoms with E-state index < -0.39 is 26.5 Å². The first-order chi connectivity index (χ1) is 35.0. The van der Waals surface area contributed by atoms with Gasteiger partial charge in [0.25, 0.3) is 0 Å². The summed E-state index contributed by atoms with van der Waals surface area (Å²) in [4.78, 5) is 35.7. The average Bonchev–Trinajstić information content (AvgIpc) is 3.34. The van der Waals surface area contributed by atoms with Crippen molar-refractivity contribution in [1.82, 2.24) is 0 Å². The molecule has 0 saturated carbocycles. The molecular weight excluding hydrogens is 918 g/mol. The Morgan fingerprint density at radius 2 is 0.792 bits per heavy atom. The van der Waals surface area contributed by atoms with Gasteiger partial charge < -0.3 is 18.9 Å². The molecule has 2 atom stereocenters. The molecule has 0 saturated heterocycles. The van der Waals surface area contributed by atoms with Gasteiger partial charge in [-0.25, -0.2) is 4.57 Å². The second-order valence-corrected chi connectivity index (χ2v) is 23.2. The fourth-order valence-corrected chi connectivity index (χ4v) is 9.46. The zero-order valence-corrected chi connectivity index (χ0v) is 48.8. The largest absolute Gasteiger partial charge is 0.472 e. The van der Waals surface area contributed by atoms with Crippen LogP contribution in [0, 0.1) is 0 Å². The van der Waals surface area contributed by atoms with E-state index in [0.717, 1.165) is 83.5 Å². The summed E-state index contributed by atoms with van der Waals surface area (Å²) < 4.78 is 34.6. The van der Waals surface area contributed by atoms with Crippen molar-refractivity contribution in [2.75, 3.05) is 47.5 Å². The molecule has 1 N–H and O–H groups in total. The summed E-state index contributed by atoms with van der Waals surface area (Å²) in [6, 6.07) is 0. The van der Waals surface area contributed by atoms with Crippen LogP contribution in [0.5, 0.6) is 0 Å². The third-order valence-corrected chi connectivity index (χ3v) is 14.4. The Hall–Kier alpha value is -2.03. The van der Waals surface area contributed by atoms with Crippen molar-refractivity contribution in [2.24, 2.45) is 0 Å². The van der Waals surface area contributed by atoms with E-state index in [0.29, 0.717) is 17.4 Å². The first-order valence-corrected chi connectivity index (χ1v) is 31.9. The van der Waals surface area contributed by atoms with Gasteiger partial charge in [-0.1, -0.05) is 268 Å². The van der Waals surface area contributed by atoms with Crippen molar-refractivity contribution >= 4 is 19.8 Å².